The second-order valence-electron chi connectivity index (χ2n) is 3.86. The predicted octanol–water partition coefficient (Wildman–Crippen LogP) is 2.02. The van der Waals surface area contributed by atoms with Gasteiger partial charge in [0.05, 0.1) is 5.02 Å². The van der Waals surface area contributed by atoms with E-state index in [1.54, 1.807) is 0 Å². The van der Waals surface area contributed by atoms with Gasteiger partial charge in [-0.05, 0) is 24.6 Å². The third-order valence-corrected chi connectivity index (χ3v) is 4.31. The first-order chi connectivity index (χ1) is 7.71. The lowest BCUT2D eigenvalue weighted by atomic mass is 10.1. The van der Waals surface area contributed by atoms with Crippen LogP contribution in [0.2, 0.25) is 5.02 Å². The lowest BCUT2D eigenvalue weighted by Crippen LogP contribution is -2.27. The van der Waals surface area contributed by atoms with Crippen molar-refractivity contribution < 1.29 is 17.6 Å². The monoisotopic (exact) mass is 278 g/mol. The van der Waals surface area contributed by atoms with E-state index in [2.05, 4.69) is 0 Å². The van der Waals surface area contributed by atoms with Gasteiger partial charge in [0.15, 0.2) is 15.6 Å². The maximum absolute atomic E-state index is 13.1. The SMILES string of the molecule is CC(C(=O)Cc1ccc(Cl)c(F)c1)S(C)(=O)=O. The standard InChI is InChI=1S/C11H12ClFO3S/c1-7(17(2,15)16)11(14)6-8-3-4-9(12)10(13)5-8/h3-5,7H,6H2,1-2H3. The molecular weight excluding hydrogens is 267 g/mol. The van der Waals surface area contributed by atoms with Gasteiger partial charge in [0, 0.05) is 12.7 Å². The summed E-state index contributed by atoms with van der Waals surface area (Å²) in [6, 6.07) is 3.97. The van der Waals surface area contributed by atoms with Crippen LogP contribution in [0.15, 0.2) is 18.2 Å². The van der Waals surface area contributed by atoms with E-state index in [1.165, 1.54) is 19.1 Å². The molecule has 0 heterocycles. The van der Waals surface area contributed by atoms with E-state index >= 15 is 0 Å². The van der Waals surface area contributed by atoms with Gasteiger partial charge in [-0.1, -0.05) is 17.7 Å². The molecule has 0 aliphatic heterocycles. The molecule has 0 aliphatic carbocycles. The maximum atomic E-state index is 13.1. The summed E-state index contributed by atoms with van der Waals surface area (Å²) in [6.45, 7) is 1.32. The molecule has 0 fully saturated rings. The van der Waals surface area contributed by atoms with Crippen molar-refractivity contribution >= 4 is 27.2 Å². The topological polar surface area (TPSA) is 51.2 Å². The summed E-state index contributed by atoms with van der Waals surface area (Å²) in [5, 5.41) is -1.11. The molecule has 1 aromatic carbocycles. The average Bonchev–Trinajstić information content (AvgIpc) is 2.21. The minimum Gasteiger partial charge on any atom is -0.298 e. The molecule has 1 unspecified atom stereocenters. The van der Waals surface area contributed by atoms with Crippen LogP contribution in [0.25, 0.3) is 0 Å². The summed E-state index contributed by atoms with van der Waals surface area (Å²) in [7, 11) is -3.41. The van der Waals surface area contributed by atoms with Gasteiger partial charge in [-0.2, -0.15) is 0 Å². The van der Waals surface area contributed by atoms with Crippen molar-refractivity contribution in [3.05, 3.63) is 34.6 Å². The zero-order chi connectivity index (χ0) is 13.2. The number of rotatable bonds is 4. The van der Waals surface area contributed by atoms with Crippen molar-refractivity contribution in [2.45, 2.75) is 18.6 Å². The Morgan fingerprint density at radius 3 is 2.53 bits per heavy atom. The van der Waals surface area contributed by atoms with Crippen molar-refractivity contribution in [1.82, 2.24) is 0 Å². The minimum absolute atomic E-state index is 0.0302. The van der Waals surface area contributed by atoms with Gasteiger partial charge in [-0.3, -0.25) is 4.79 Å². The van der Waals surface area contributed by atoms with Gasteiger partial charge in [0.25, 0.3) is 0 Å². The molecule has 0 amide bonds. The number of carbonyl (C=O) groups is 1. The van der Waals surface area contributed by atoms with Crippen LogP contribution in [-0.2, 0) is 21.1 Å². The first-order valence-electron chi connectivity index (χ1n) is 4.87. The first kappa shape index (κ1) is 14.1. The number of halogens is 2. The molecule has 0 spiro atoms. The molecule has 17 heavy (non-hydrogen) atoms. The van der Waals surface area contributed by atoms with E-state index in [4.69, 9.17) is 11.6 Å². The van der Waals surface area contributed by atoms with E-state index in [-0.39, 0.29) is 11.4 Å². The minimum atomic E-state index is -3.41. The third-order valence-electron chi connectivity index (χ3n) is 2.46. The zero-order valence-electron chi connectivity index (χ0n) is 9.41. The molecule has 1 atom stereocenters. The van der Waals surface area contributed by atoms with E-state index in [0.717, 1.165) is 12.3 Å². The summed E-state index contributed by atoms with van der Waals surface area (Å²) >= 11 is 5.50. The Morgan fingerprint density at radius 1 is 1.47 bits per heavy atom. The molecule has 0 bridgehead atoms. The van der Waals surface area contributed by atoms with Crippen LogP contribution in [0, 0.1) is 5.82 Å². The Labute approximate surface area is 105 Å². The summed E-state index contributed by atoms with van der Waals surface area (Å²) in [5.74, 6) is -1.09. The largest absolute Gasteiger partial charge is 0.298 e. The molecular formula is C11H12ClFO3S. The van der Waals surface area contributed by atoms with Crippen LogP contribution in [-0.4, -0.2) is 25.7 Å². The fourth-order valence-corrected chi connectivity index (χ4v) is 1.91. The zero-order valence-corrected chi connectivity index (χ0v) is 11.0. The molecule has 0 aliphatic rings. The fourth-order valence-electron chi connectivity index (χ4n) is 1.23. The highest BCUT2D eigenvalue weighted by Gasteiger charge is 2.23. The predicted molar refractivity (Wildman–Crippen MR) is 64.4 cm³/mol. The van der Waals surface area contributed by atoms with Gasteiger partial charge in [0.2, 0.25) is 0 Å². The molecule has 0 saturated heterocycles. The van der Waals surface area contributed by atoms with Crippen LogP contribution < -0.4 is 0 Å². The van der Waals surface area contributed by atoms with Crippen LogP contribution in [0.1, 0.15) is 12.5 Å². The molecule has 0 N–H and O–H groups in total. The molecule has 1 aromatic rings. The van der Waals surface area contributed by atoms with Gasteiger partial charge in [-0.25, -0.2) is 12.8 Å². The van der Waals surface area contributed by atoms with Crippen molar-refractivity contribution in [2.75, 3.05) is 6.26 Å². The second-order valence-corrected chi connectivity index (χ2v) is 6.64. The fraction of sp³-hybridized carbons (Fsp3) is 0.364. The van der Waals surface area contributed by atoms with Gasteiger partial charge < -0.3 is 0 Å². The lowest BCUT2D eigenvalue weighted by molar-refractivity contribution is -0.117. The van der Waals surface area contributed by atoms with Crippen molar-refractivity contribution in [2.24, 2.45) is 0 Å². The Balaban J connectivity index is 2.85. The summed E-state index contributed by atoms with van der Waals surface area (Å²) in [4.78, 5) is 11.6. The highest BCUT2D eigenvalue weighted by Crippen LogP contribution is 2.16. The van der Waals surface area contributed by atoms with Crippen molar-refractivity contribution in [3.8, 4) is 0 Å². The molecule has 0 saturated carbocycles. The number of ketones is 1. The maximum Gasteiger partial charge on any atom is 0.157 e. The van der Waals surface area contributed by atoms with Crippen LogP contribution in [0.3, 0.4) is 0 Å². The van der Waals surface area contributed by atoms with Crippen LogP contribution >= 0.6 is 11.6 Å². The molecule has 6 heteroatoms. The Kier molecular flexibility index (Phi) is 4.27. The number of hydrogen-bond donors (Lipinski definition) is 0. The average molecular weight is 279 g/mol. The Hall–Kier alpha value is -0.940. The summed E-state index contributed by atoms with van der Waals surface area (Å²) in [6.07, 6.45) is 0.875. The Morgan fingerprint density at radius 2 is 2.06 bits per heavy atom. The summed E-state index contributed by atoms with van der Waals surface area (Å²) in [5.41, 5.74) is 0.410. The van der Waals surface area contributed by atoms with Crippen molar-refractivity contribution in [1.29, 1.82) is 0 Å². The molecule has 0 aromatic heterocycles. The first-order valence-corrected chi connectivity index (χ1v) is 7.20. The molecule has 0 radical (unpaired) electrons. The van der Waals surface area contributed by atoms with Gasteiger partial charge in [0.1, 0.15) is 11.1 Å². The highest BCUT2D eigenvalue weighted by molar-refractivity contribution is 7.92. The molecule has 94 valence electrons. The van der Waals surface area contributed by atoms with Crippen LogP contribution in [0.5, 0.6) is 0 Å². The quantitative estimate of drug-likeness (QED) is 0.847. The Bertz CT molecular complexity index is 540. The third kappa shape index (κ3) is 3.78. The smallest absolute Gasteiger partial charge is 0.157 e. The number of Topliss-reactive ketones (excluding diaryl/α,β-unsaturated/α-hetero) is 1. The normalized spacial score (nSPS) is 13.4. The second kappa shape index (κ2) is 5.14. The van der Waals surface area contributed by atoms with E-state index in [9.17, 15) is 17.6 Å². The van der Waals surface area contributed by atoms with Gasteiger partial charge in [-0.15, -0.1) is 0 Å². The van der Waals surface area contributed by atoms with Crippen molar-refractivity contribution in [3.63, 3.8) is 0 Å². The number of hydrogen-bond acceptors (Lipinski definition) is 3. The number of benzene rings is 1. The number of carbonyl (C=O) groups excluding carboxylic acids is 1. The van der Waals surface area contributed by atoms with E-state index < -0.39 is 26.7 Å². The lowest BCUT2D eigenvalue weighted by Gasteiger charge is -2.08. The summed E-state index contributed by atoms with van der Waals surface area (Å²) < 4.78 is 35.4. The highest BCUT2D eigenvalue weighted by atomic mass is 35.5. The van der Waals surface area contributed by atoms with E-state index in [1.807, 2.05) is 0 Å². The molecule has 3 nitrogen and oxygen atoms in total. The van der Waals surface area contributed by atoms with E-state index in [0.29, 0.717) is 5.56 Å². The van der Waals surface area contributed by atoms with Crippen LogP contribution in [0.4, 0.5) is 4.39 Å². The van der Waals surface area contributed by atoms with Gasteiger partial charge >= 0.3 is 0 Å². The molecule has 1 rings (SSSR count). The number of sulfone groups is 1.